The number of hydrogen-bond acceptors (Lipinski definition) is 9. The Kier molecular flexibility index (Phi) is 15.8. The number of pyridine rings is 1. The number of amides is 4. The molecule has 4 amide bonds. The van der Waals surface area contributed by atoms with Crippen LogP contribution in [0.25, 0.3) is 0 Å². The molecular weight excluding hydrogens is 679 g/mol. The van der Waals surface area contributed by atoms with E-state index in [1.54, 1.807) is 41.6 Å². The summed E-state index contributed by atoms with van der Waals surface area (Å²) in [6.45, 7) is 4.80. The highest BCUT2D eigenvalue weighted by Gasteiger charge is 2.27. The number of morpholine rings is 1. The van der Waals surface area contributed by atoms with Gasteiger partial charge in [0.2, 0.25) is 5.91 Å². The Morgan fingerprint density at radius 2 is 1.54 bits per heavy atom. The molecule has 3 N–H and O–H groups in total. The van der Waals surface area contributed by atoms with Crippen molar-refractivity contribution in [3.8, 4) is 0 Å². The number of nitrogens with zero attached hydrogens (tertiary/aromatic N) is 4. The summed E-state index contributed by atoms with van der Waals surface area (Å²) in [7, 11) is 1.71. The second-order valence-electron chi connectivity index (χ2n) is 13.3. The Morgan fingerprint density at radius 3 is 2.15 bits per heavy atom. The summed E-state index contributed by atoms with van der Waals surface area (Å²) in [6.07, 6.45) is 5.81. The smallest absolute Gasteiger partial charge is 0.407 e. The highest BCUT2D eigenvalue weighted by Crippen LogP contribution is 2.17. The van der Waals surface area contributed by atoms with Crippen LogP contribution in [0.1, 0.15) is 36.0 Å². The maximum Gasteiger partial charge on any atom is 0.407 e. The van der Waals surface area contributed by atoms with Crippen LogP contribution in [0.3, 0.4) is 0 Å². The van der Waals surface area contributed by atoms with Gasteiger partial charge in [0.05, 0.1) is 30.6 Å². The third kappa shape index (κ3) is 13.6. The minimum absolute atomic E-state index is 0.135. The minimum Gasteiger partial charge on any atom is -0.448 e. The van der Waals surface area contributed by atoms with Crippen LogP contribution in [0.5, 0.6) is 0 Å². The molecule has 3 heterocycles. The fourth-order valence-electron chi connectivity index (χ4n) is 6.26. The maximum absolute atomic E-state index is 14.2. The number of rotatable bonds is 18. The van der Waals surface area contributed by atoms with Gasteiger partial charge in [-0.05, 0) is 54.9 Å². The monoisotopic (exact) mass is 729 g/mol. The van der Waals surface area contributed by atoms with Gasteiger partial charge in [0.25, 0.3) is 0 Å². The normalized spacial score (nSPS) is 17.4. The number of thioether (sulfide) groups is 1. The first-order valence-electron chi connectivity index (χ1n) is 18.1. The zero-order chi connectivity index (χ0) is 36.4. The molecule has 0 saturated carbocycles. The molecule has 1 fully saturated rings. The number of ether oxygens (including phenoxy) is 2. The molecule has 1 unspecified atom stereocenters. The molecule has 2 aromatic carbocycles. The van der Waals surface area contributed by atoms with Crippen molar-refractivity contribution < 1.29 is 23.9 Å². The molecule has 5 rings (SSSR count). The predicted molar refractivity (Wildman–Crippen MR) is 204 cm³/mol. The summed E-state index contributed by atoms with van der Waals surface area (Å²) >= 11 is 1.57. The van der Waals surface area contributed by atoms with E-state index in [4.69, 9.17) is 9.47 Å². The van der Waals surface area contributed by atoms with Crippen molar-refractivity contribution in [3.05, 3.63) is 102 Å². The zero-order valence-electron chi connectivity index (χ0n) is 29.9. The molecule has 2 aliphatic rings. The van der Waals surface area contributed by atoms with Crippen molar-refractivity contribution in [2.75, 3.05) is 53.0 Å². The molecule has 0 aliphatic carbocycles. The van der Waals surface area contributed by atoms with Gasteiger partial charge in [-0.1, -0.05) is 66.7 Å². The average Bonchev–Trinajstić information content (AvgIpc) is 3.70. The van der Waals surface area contributed by atoms with Gasteiger partial charge in [0.1, 0.15) is 12.6 Å². The average molecular weight is 730 g/mol. The Hall–Kier alpha value is -4.46. The number of nitrogens with one attached hydrogen (secondary N) is 3. The first-order chi connectivity index (χ1) is 25.4. The van der Waals surface area contributed by atoms with E-state index in [0.717, 1.165) is 29.8 Å². The molecule has 1 saturated heterocycles. The highest BCUT2D eigenvalue weighted by molar-refractivity contribution is 8.12. The van der Waals surface area contributed by atoms with Crippen molar-refractivity contribution in [2.24, 2.45) is 4.99 Å². The molecule has 4 atom stereocenters. The summed E-state index contributed by atoms with van der Waals surface area (Å²) < 4.78 is 11.1. The number of carbonyl (C=O) groups is 3. The van der Waals surface area contributed by atoms with E-state index in [2.05, 4.69) is 30.8 Å². The van der Waals surface area contributed by atoms with Gasteiger partial charge in [-0.2, -0.15) is 0 Å². The van der Waals surface area contributed by atoms with Gasteiger partial charge in [0, 0.05) is 57.7 Å². The molecular formula is C39H51N7O5S. The quantitative estimate of drug-likeness (QED) is 0.176. The first kappa shape index (κ1) is 38.8. The van der Waals surface area contributed by atoms with Gasteiger partial charge in [-0.15, -0.1) is 11.8 Å². The van der Waals surface area contributed by atoms with Crippen LogP contribution in [0.2, 0.25) is 0 Å². The highest BCUT2D eigenvalue weighted by atomic mass is 32.2. The summed E-state index contributed by atoms with van der Waals surface area (Å²) in [5.74, 6) is -0.236. The lowest BCUT2D eigenvalue weighted by molar-refractivity contribution is -0.124. The van der Waals surface area contributed by atoms with E-state index in [0.29, 0.717) is 65.0 Å². The molecule has 0 radical (unpaired) electrons. The van der Waals surface area contributed by atoms with Crippen LogP contribution < -0.4 is 16.0 Å². The summed E-state index contributed by atoms with van der Waals surface area (Å²) in [4.78, 5) is 52.7. The third-order valence-corrected chi connectivity index (χ3v) is 10.1. The molecule has 2 aliphatic heterocycles. The van der Waals surface area contributed by atoms with Crippen molar-refractivity contribution in [1.82, 2.24) is 30.7 Å². The Balaban J connectivity index is 1.27. The SMILES string of the molecule is CN(Cc1cccnc1)C(=O)N[C@@H](CCN1CCOCC1)C(=O)N[C@H](CC[C@H](Cc1ccccc1)NC(=O)OCC1CN=CS1)Cc1ccccc1. The van der Waals surface area contributed by atoms with Crippen molar-refractivity contribution in [2.45, 2.75) is 62.0 Å². The topological polar surface area (TPSA) is 137 Å². The lowest BCUT2D eigenvalue weighted by Crippen LogP contribution is -2.54. The number of carbonyl (C=O) groups excluding carboxylic acids is 3. The van der Waals surface area contributed by atoms with Crippen LogP contribution in [-0.4, -0.2) is 115 Å². The van der Waals surface area contributed by atoms with Gasteiger partial charge >= 0.3 is 12.1 Å². The number of hydrogen-bond donors (Lipinski definition) is 3. The number of urea groups is 1. The molecule has 3 aromatic rings. The van der Waals surface area contributed by atoms with Crippen molar-refractivity contribution in [1.29, 1.82) is 0 Å². The number of benzene rings is 2. The van der Waals surface area contributed by atoms with E-state index in [1.807, 2.05) is 72.8 Å². The van der Waals surface area contributed by atoms with E-state index in [-0.39, 0.29) is 35.9 Å². The van der Waals surface area contributed by atoms with Crippen LogP contribution >= 0.6 is 11.8 Å². The summed E-state index contributed by atoms with van der Waals surface area (Å²) in [5, 5.41) is 9.54. The lowest BCUT2D eigenvalue weighted by Gasteiger charge is -2.30. The Labute approximate surface area is 311 Å². The summed E-state index contributed by atoms with van der Waals surface area (Å²) in [6, 6.07) is 22.2. The largest absolute Gasteiger partial charge is 0.448 e. The third-order valence-electron chi connectivity index (χ3n) is 9.16. The fourth-order valence-corrected chi connectivity index (χ4v) is 6.92. The van der Waals surface area contributed by atoms with Crippen LogP contribution in [0, 0.1) is 0 Å². The second-order valence-corrected chi connectivity index (χ2v) is 14.4. The molecule has 52 heavy (non-hydrogen) atoms. The molecule has 0 bridgehead atoms. The van der Waals surface area contributed by atoms with E-state index >= 15 is 0 Å². The van der Waals surface area contributed by atoms with Gasteiger partial charge < -0.3 is 30.3 Å². The number of alkyl carbamates (subject to hydrolysis) is 1. The van der Waals surface area contributed by atoms with Gasteiger partial charge in [-0.25, -0.2) is 9.59 Å². The second kappa shape index (κ2) is 21.2. The Bertz CT molecular complexity index is 1540. The van der Waals surface area contributed by atoms with Gasteiger partial charge in [-0.3, -0.25) is 19.7 Å². The van der Waals surface area contributed by atoms with E-state index in [9.17, 15) is 14.4 Å². The Morgan fingerprint density at radius 1 is 0.885 bits per heavy atom. The lowest BCUT2D eigenvalue weighted by atomic mass is 9.95. The maximum atomic E-state index is 14.2. The molecule has 13 heteroatoms. The molecule has 12 nitrogen and oxygen atoms in total. The van der Waals surface area contributed by atoms with Crippen LogP contribution in [-0.2, 0) is 33.7 Å². The van der Waals surface area contributed by atoms with Crippen molar-refractivity contribution in [3.63, 3.8) is 0 Å². The standard InChI is InChI=1S/C39H51N7O5S/c1-45(27-32-13-8-17-40-25-32)38(48)44-36(16-18-46-19-21-50-22-20-46)37(47)42-33(23-30-9-4-2-5-10-30)14-15-34(24-31-11-6-3-7-12-31)43-39(49)51-28-35-26-41-29-52-35/h2-13,17,25,29,33-36H,14-16,18-24,26-28H2,1H3,(H,42,47)(H,43,49)(H,44,48)/t33-,34-,35?,36+/m1/s1. The fraction of sp³-hybridized carbons (Fsp3) is 0.462. The first-order valence-corrected chi connectivity index (χ1v) is 19.0. The van der Waals surface area contributed by atoms with Crippen LogP contribution in [0.15, 0.2) is 90.2 Å². The summed E-state index contributed by atoms with van der Waals surface area (Å²) in [5.41, 5.74) is 4.87. The zero-order valence-corrected chi connectivity index (χ0v) is 30.7. The van der Waals surface area contributed by atoms with Crippen molar-refractivity contribution >= 4 is 35.3 Å². The molecule has 0 spiro atoms. The molecule has 278 valence electrons. The minimum atomic E-state index is -0.754. The number of aliphatic imine (C=N–C) groups is 1. The predicted octanol–water partition coefficient (Wildman–Crippen LogP) is 4.30. The van der Waals surface area contributed by atoms with E-state index in [1.165, 1.54) is 0 Å². The number of aromatic nitrogens is 1. The van der Waals surface area contributed by atoms with E-state index < -0.39 is 12.1 Å². The molecule has 1 aromatic heterocycles. The van der Waals surface area contributed by atoms with Gasteiger partial charge in [0.15, 0.2) is 0 Å². The van der Waals surface area contributed by atoms with Crippen LogP contribution in [0.4, 0.5) is 9.59 Å².